The number of rotatable bonds is 6. The van der Waals surface area contributed by atoms with Gasteiger partial charge in [-0.25, -0.2) is 4.79 Å². The molecule has 0 aliphatic heterocycles. The van der Waals surface area contributed by atoms with Gasteiger partial charge in [0.25, 0.3) is 11.6 Å². The zero-order valence-corrected chi connectivity index (χ0v) is 16.9. The van der Waals surface area contributed by atoms with Crippen molar-refractivity contribution < 1.29 is 19.2 Å². The van der Waals surface area contributed by atoms with Gasteiger partial charge in [0.2, 0.25) is 0 Å². The van der Waals surface area contributed by atoms with Crippen LogP contribution in [0.2, 0.25) is 5.02 Å². The van der Waals surface area contributed by atoms with Crippen LogP contribution in [0.5, 0.6) is 0 Å². The van der Waals surface area contributed by atoms with E-state index in [9.17, 15) is 19.7 Å². The lowest BCUT2D eigenvalue weighted by atomic mass is 10.1. The van der Waals surface area contributed by atoms with Crippen LogP contribution in [0.25, 0.3) is 0 Å². The summed E-state index contributed by atoms with van der Waals surface area (Å²) in [6.45, 7) is 7.21. The van der Waals surface area contributed by atoms with Crippen LogP contribution in [0.3, 0.4) is 0 Å². The van der Waals surface area contributed by atoms with Gasteiger partial charge in [-0.2, -0.15) is 0 Å². The van der Waals surface area contributed by atoms with Gasteiger partial charge in [-0.15, -0.1) is 11.3 Å². The summed E-state index contributed by atoms with van der Waals surface area (Å²) < 4.78 is 5.29. The molecule has 0 atom stereocenters. The number of hydrogen-bond acceptors (Lipinski definition) is 6. The number of nitro groups is 1. The summed E-state index contributed by atoms with van der Waals surface area (Å²) in [6, 6.07) is 3.79. The number of nitro benzene ring substituents is 1. The Balaban J connectivity index is 2.45. The highest BCUT2D eigenvalue weighted by Gasteiger charge is 2.27. The second-order valence-corrected chi connectivity index (χ2v) is 7.68. The number of aryl methyl sites for hydroxylation is 1. The number of benzene rings is 1. The highest BCUT2D eigenvalue weighted by Crippen LogP contribution is 2.35. The minimum atomic E-state index is -0.694. The topological polar surface area (TPSA) is 98.5 Å². The van der Waals surface area contributed by atoms with E-state index in [2.05, 4.69) is 5.32 Å². The molecule has 1 amide bonds. The van der Waals surface area contributed by atoms with Crippen LogP contribution in [0.4, 0.5) is 10.7 Å². The maximum absolute atomic E-state index is 12.7. The SMILES string of the molecule is CCc1c(C)sc(NC(=O)c2ccc(Cl)cc2[N+](=O)[O-])c1C(=O)OC(C)C. The minimum absolute atomic E-state index is 0.142. The molecule has 9 heteroatoms. The molecule has 0 bridgehead atoms. The molecule has 0 fully saturated rings. The third-order valence-electron chi connectivity index (χ3n) is 3.74. The predicted molar refractivity (Wildman–Crippen MR) is 105 cm³/mol. The smallest absolute Gasteiger partial charge is 0.341 e. The van der Waals surface area contributed by atoms with Crippen molar-refractivity contribution in [3.8, 4) is 0 Å². The van der Waals surface area contributed by atoms with Crippen LogP contribution in [0, 0.1) is 17.0 Å². The van der Waals surface area contributed by atoms with E-state index in [1.54, 1.807) is 13.8 Å². The molecule has 0 saturated heterocycles. The summed E-state index contributed by atoms with van der Waals surface area (Å²) in [5.41, 5.74) is 0.525. The van der Waals surface area contributed by atoms with Gasteiger partial charge in [-0.3, -0.25) is 14.9 Å². The summed E-state index contributed by atoms with van der Waals surface area (Å²) in [5, 5.41) is 14.3. The van der Waals surface area contributed by atoms with Gasteiger partial charge in [0.05, 0.1) is 16.6 Å². The summed E-state index contributed by atoms with van der Waals surface area (Å²) >= 11 is 7.02. The second kappa shape index (κ2) is 8.49. The molecule has 0 radical (unpaired) electrons. The number of esters is 1. The first-order valence-corrected chi connectivity index (χ1v) is 9.43. The number of ether oxygens (including phenoxy) is 1. The maximum Gasteiger partial charge on any atom is 0.341 e. The average molecular weight is 411 g/mol. The number of nitrogens with zero attached hydrogens (tertiary/aromatic N) is 1. The highest BCUT2D eigenvalue weighted by molar-refractivity contribution is 7.16. The third-order valence-corrected chi connectivity index (χ3v) is 5.04. The van der Waals surface area contributed by atoms with Gasteiger partial charge in [-0.1, -0.05) is 18.5 Å². The normalized spacial score (nSPS) is 10.7. The Morgan fingerprint density at radius 1 is 1.37 bits per heavy atom. The molecule has 7 nitrogen and oxygen atoms in total. The number of halogens is 1. The quantitative estimate of drug-likeness (QED) is 0.410. The molecule has 27 heavy (non-hydrogen) atoms. The average Bonchev–Trinajstić information content (AvgIpc) is 2.88. The van der Waals surface area contributed by atoms with Crippen LogP contribution in [-0.2, 0) is 11.2 Å². The second-order valence-electron chi connectivity index (χ2n) is 6.02. The molecule has 1 heterocycles. The van der Waals surface area contributed by atoms with E-state index in [4.69, 9.17) is 16.3 Å². The van der Waals surface area contributed by atoms with Crippen molar-refractivity contribution in [2.45, 2.75) is 40.2 Å². The molecular formula is C18H19ClN2O5S. The van der Waals surface area contributed by atoms with Gasteiger partial charge in [0.1, 0.15) is 10.6 Å². The van der Waals surface area contributed by atoms with Crippen molar-refractivity contribution in [2.24, 2.45) is 0 Å². The summed E-state index contributed by atoms with van der Waals surface area (Å²) in [4.78, 5) is 36.6. The van der Waals surface area contributed by atoms with Gasteiger partial charge in [-0.05, 0) is 44.9 Å². The van der Waals surface area contributed by atoms with Gasteiger partial charge in [0, 0.05) is 16.0 Å². The minimum Gasteiger partial charge on any atom is -0.459 e. The van der Waals surface area contributed by atoms with Crippen LogP contribution in [0.15, 0.2) is 18.2 Å². The van der Waals surface area contributed by atoms with Crippen molar-refractivity contribution in [1.29, 1.82) is 0 Å². The Hall–Kier alpha value is -2.45. The maximum atomic E-state index is 12.7. The fraction of sp³-hybridized carbons (Fsp3) is 0.333. The number of nitrogens with one attached hydrogen (secondary N) is 1. The number of carbonyl (C=O) groups is 2. The Labute approximate surface area is 165 Å². The molecule has 0 unspecified atom stereocenters. The lowest BCUT2D eigenvalue weighted by Gasteiger charge is -2.11. The summed E-state index contributed by atoms with van der Waals surface area (Å²) in [5.74, 6) is -1.23. The molecule has 1 N–H and O–H groups in total. The van der Waals surface area contributed by atoms with E-state index in [1.807, 2.05) is 13.8 Å². The zero-order valence-electron chi connectivity index (χ0n) is 15.3. The molecule has 144 valence electrons. The molecule has 0 aliphatic rings. The van der Waals surface area contributed by atoms with Crippen LogP contribution in [-0.4, -0.2) is 22.9 Å². The molecule has 0 aliphatic carbocycles. The first-order chi connectivity index (χ1) is 12.6. The Kier molecular flexibility index (Phi) is 6.56. The van der Waals surface area contributed by atoms with Crippen LogP contribution in [0.1, 0.15) is 51.9 Å². The fourth-order valence-electron chi connectivity index (χ4n) is 2.60. The van der Waals surface area contributed by atoms with Crippen molar-refractivity contribution in [1.82, 2.24) is 0 Å². The lowest BCUT2D eigenvalue weighted by molar-refractivity contribution is -0.385. The van der Waals surface area contributed by atoms with E-state index in [0.29, 0.717) is 17.0 Å². The van der Waals surface area contributed by atoms with E-state index < -0.39 is 22.5 Å². The third kappa shape index (κ3) is 4.64. The molecular weight excluding hydrogens is 392 g/mol. The van der Waals surface area contributed by atoms with E-state index in [0.717, 1.165) is 16.5 Å². The van der Waals surface area contributed by atoms with E-state index in [-0.39, 0.29) is 16.7 Å². The molecule has 2 aromatic rings. The number of hydrogen-bond donors (Lipinski definition) is 1. The number of thiophene rings is 1. The summed E-state index contributed by atoms with van der Waals surface area (Å²) in [7, 11) is 0. The number of carbonyl (C=O) groups excluding carboxylic acids is 2. The Morgan fingerprint density at radius 2 is 2.04 bits per heavy atom. The molecule has 2 rings (SSSR count). The number of amides is 1. The standard InChI is InChI=1S/C18H19ClN2O5S/c1-5-12-10(4)27-17(15(12)18(23)26-9(2)3)20-16(22)13-7-6-11(19)8-14(13)21(24)25/h6-9H,5H2,1-4H3,(H,20,22). The Morgan fingerprint density at radius 3 is 2.59 bits per heavy atom. The monoisotopic (exact) mass is 410 g/mol. The molecule has 0 saturated carbocycles. The van der Waals surface area contributed by atoms with E-state index >= 15 is 0 Å². The van der Waals surface area contributed by atoms with Crippen molar-refractivity contribution in [3.05, 3.63) is 54.9 Å². The predicted octanol–water partition coefficient (Wildman–Crippen LogP) is 5.00. The molecule has 1 aromatic heterocycles. The molecule has 1 aromatic carbocycles. The van der Waals surface area contributed by atoms with Gasteiger partial charge < -0.3 is 10.1 Å². The molecule has 0 spiro atoms. The van der Waals surface area contributed by atoms with E-state index in [1.165, 1.54) is 23.5 Å². The van der Waals surface area contributed by atoms with Crippen molar-refractivity contribution in [3.63, 3.8) is 0 Å². The van der Waals surface area contributed by atoms with Crippen molar-refractivity contribution in [2.75, 3.05) is 5.32 Å². The van der Waals surface area contributed by atoms with Gasteiger partial charge >= 0.3 is 5.97 Å². The first-order valence-electron chi connectivity index (χ1n) is 8.24. The van der Waals surface area contributed by atoms with Crippen molar-refractivity contribution >= 4 is 45.5 Å². The number of anilines is 1. The van der Waals surface area contributed by atoms with Crippen LogP contribution < -0.4 is 5.32 Å². The Bertz CT molecular complexity index is 907. The largest absolute Gasteiger partial charge is 0.459 e. The summed E-state index contributed by atoms with van der Waals surface area (Å²) in [6.07, 6.45) is 0.269. The first kappa shape index (κ1) is 20.9. The van der Waals surface area contributed by atoms with Gasteiger partial charge in [0.15, 0.2) is 0 Å². The fourth-order valence-corrected chi connectivity index (χ4v) is 3.89. The zero-order chi connectivity index (χ0) is 20.3. The lowest BCUT2D eigenvalue weighted by Crippen LogP contribution is -2.18. The highest BCUT2D eigenvalue weighted by atomic mass is 35.5. The van der Waals surface area contributed by atoms with Crippen LogP contribution >= 0.6 is 22.9 Å².